The van der Waals surface area contributed by atoms with Crippen LogP contribution in [0.25, 0.3) is 113 Å². The lowest BCUT2D eigenvalue weighted by atomic mass is 9.88. The molecule has 67 heavy (non-hydrogen) atoms. The Labute approximate surface area is 391 Å². The third-order valence-corrected chi connectivity index (χ3v) is 15.1. The molecule has 11 aromatic carbocycles. The van der Waals surface area contributed by atoms with Crippen molar-refractivity contribution in [2.45, 2.75) is 0 Å². The van der Waals surface area contributed by atoms with Crippen LogP contribution in [0.2, 0.25) is 0 Å². The summed E-state index contributed by atoms with van der Waals surface area (Å²) in [6.07, 6.45) is 2.22. The van der Waals surface area contributed by atoms with Crippen molar-refractivity contribution in [1.82, 2.24) is 4.40 Å². The van der Waals surface area contributed by atoms with Gasteiger partial charge in [-0.15, -0.1) is 11.3 Å². The molecule has 3 heteroatoms. The zero-order valence-electron chi connectivity index (χ0n) is 36.4. The molecular weight excluding hydrogens is 829 g/mol. The molecule has 14 rings (SSSR count). The highest BCUT2D eigenvalue weighted by Crippen LogP contribution is 2.48. The fraction of sp³-hybridized carbons (Fsp3) is 0. The Morgan fingerprint density at radius 1 is 0.328 bits per heavy atom. The average molecular weight is 869 g/mol. The molecule has 312 valence electrons. The van der Waals surface area contributed by atoms with Crippen molar-refractivity contribution in [3.8, 4) is 33.4 Å². The number of hydrogen-bond donors (Lipinski definition) is 0. The van der Waals surface area contributed by atoms with Gasteiger partial charge in [0.15, 0.2) is 0 Å². The van der Waals surface area contributed by atoms with E-state index in [0.29, 0.717) is 0 Å². The molecular formula is C64H40N2S. The molecule has 0 N–H and O–H groups in total. The van der Waals surface area contributed by atoms with Gasteiger partial charge in [-0.3, -0.25) is 0 Å². The van der Waals surface area contributed by atoms with Gasteiger partial charge in [-0.25, -0.2) is 0 Å². The van der Waals surface area contributed by atoms with E-state index >= 15 is 0 Å². The van der Waals surface area contributed by atoms with Crippen molar-refractivity contribution in [1.29, 1.82) is 0 Å². The van der Waals surface area contributed by atoms with E-state index in [-0.39, 0.29) is 0 Å². The summed E-state index contributed by atoms with van der Waals surface area (Å²) in [5, 5.41) is 13.9. The van der Waals surface area contributed by atoms with Crippen LogP contribution in [0.3, 0.4) is 0 Å². The number of rotatable bonds is 6. The first kappa shape index (κ1) is 37.8. The van der Waals surface area contributed by atoms with Gasteiger partial charge in [0.25, 0.3) is 0 Å². The van der Waals surface area contributed by atoms with Crippen LogP contribution in [-0.2, 0) is 0 Å². The zero-order valence-corrected chi connectivity index (χ0v) is 37.2. The van der Waals surface area contributed by atoms with E-state index in [2.05, 4.69) is 252 Å². The highest BCUT2D eigenvalue weighted by Gasteiger charge is 2.22. The molecule has 0 radical (unpaired) electrons. The summed E-state index contributed by atoms with van der Waals surface area (Å²) in [4.78, 5) is 2.42. The van der Waals surface area contributed by atoms with Crippen LogP contribution in [-0.4, -0.2) is 4.40 Å². The Kier molecular flexibility index (Phi) is 8.49. The number of nitrogens with zero attached hydrogens (tertiary/aromatic N) is 2. The Bertz CT molecular complexity index is 4270. The van der Waals surface area contributed by atoms with E-state index < -0.39 is 0 Å². The van der Waals surface area contributed by atoms with Gasteiger partial charge >= 0.3 is 0 Å². The van der Waals surface area contributed by atoms with Crippen LogP contribution >= 0.6 is 11.3 Å². The fourth-order valence-electron chi connectivity index (χ4n) is 10.9. The first-order valence-electron chi connectivity index (χ1n) is 23.0. The molecule has 0 spiro atoms. The number of fused-ring (bicyclic) bond motifs is 14. The second kappa shape index (κ2) is 15.0. The van der Waals surface area contributed by atoms with Crippen LogP contribution in [0.4, 0.5) is 17.1 Å². The minimum Gasteiger partial charge on any atom is -0.315 e. The van der Waals surface area contributed by atoms with Crippen LogP contribution in [0.15, 0.2) is 243 Å². The monoisotopic (exact) mass is 868 g/mol. The normalized spacial score (nSPS) is 11.9. The molecule has 3 aromatic heterocycles. The summed E-state index contributed by atoms with van der Waals surface area (Å²) >= 11 is 1.86. The van der Waals surface area contributed by atoms with E-state index in [0.717, 1.165) is 17.1 Å². The third-order valence-electron chi connectivity index (χ3n) is 13.9. The van der Waals surface area contributed by atoms with E-state index in [9.17, 15) is 0 Å². The summed E-state index contributed by atoms with van der Waals surface area (Å²) in [6.45, 7) is 0. The number of hydrogen-bond acceptors (Lipinski definition) is 2. The fourth-order valence-corrected chi connectivity index (χ4v) is 12.0. The second-order valence-corrected chi connectivity index (χ2v) is 18.7. The van der Waals surface area contributed by atoms with E-state index in [4.69, 9.17) is 0 Å². The molecule has 0 saturated carbocycles. The second-order valence-electron chi connectivity index (χ2n) is 17.6. The van der Waals surface area contributed by atoms with Gasteiger partial charge in [-0.05, 0) is 127 Å². The SMILES string of the molecule is c1ccc(-c2c3c4c(-c5cccc(-c6ccc(N(c7ccc8c(ccc9ccccc98)c7)c7ccc8sc9ccccc9c8c7)cc6)c5)cccc4c4ccccc4c3n3ccccc23)cc1. The molecule has 0 aliphatic heterocycles. The van der Waals surface area contributed by atoms with Crippen molar-refractivity contribution in [3.63, 3.8) is 0 Å². The highest BCUT2D eigenvalue weighted by atomic mass is 32.1. The number of thiophene rings is 1. The summed E-state index contributed by atoms with van der Waals surface area (Å²) in [5.41, 5.74) is 13.1. The predicted molar refractivity (Wildman–Crippen MR) is 289 cm³/mol. The van der Waals surface area contributed by atoms with Gasteiger partial charge in [0.1, 0.15) is 0 Å². The maximum absolute atomic E-state index is 2.42. The van der Waals surface area contributed by atoms with Gasteiger partial charge in [-0.2, -0.15) is 0 Å². The Morgan fingerprint density at radius 3 is 1.87 bits per heavy atom. The van der Waals surface area contributed by atoms with Gasteiger partial charge in [0, 0.05) is 65.2 Å². The number of benzene rings is 11. The summed E-state index contributed by atoms with van der Waals surface area (Å²) in [7, 11) is 0. The summed E-state index contributed by atoms with van der Waals surface area (Å²) in [6, 6.07) is 87.3. The van der Waals surface area contributed by atoms with Crippen LogP contribution in [0.1, 0.15) is 0 Å². The number of aromatic nitrogens is 1. The maximum Gasteiger partial charge on any atom is 0.0620 e. The molecule has 0 amide bonds. The predicted octanol–water partition coefficient (Wildman–Crippen LogP) is 18.5. The first-order chi connectivity index (χ1) is 33.2. The smallest absolute Gasteiger partial charge is 0.0620 e. The van der Waals surface area contributed by atoms with Gasteiger partial charge in [-0.1, -0.05) is 170 Å². The zero-order chi connectivity index (χ0) is 44.0. The molecule has 0 aliphatic carbocycles. The van der Waals surface area contributed by atoms with Gasteiger partial charge < -0.3 is 9.30 Å². The summed E-state index contributed by atoms with van der Waals surface area (Å²) in [5.74, 6) is 0. The van der Waals surface area contributed by atoms with Gasteiger partial charge in [0.2, 0.25) is 0 Å². The summed E-state index contributed by atoms with van der Waals surface area (Å²) < 4.78 is 5.01. The maximum atomic E-state index is 2.42. The molecule has 0 unspecified atom stereocenters. The molecule has 3 heterocycles. The van der Waals surface area contributed by atoms with Crippen molar-refractivity contribution in [2.24, 2.45) is 0 Å². The molecule has 2 nitrogen and oxygen atoms in total. The van der Waals surface area contributed by atoms with Crippen molar-refractivity contribution in [3.05, 3.63) is 243 Å². The molecule has 0 fully saturated rings. The quantitative estimate of drug-likeness (QED) is 0.151. The minimum absolute atomic E-state index is 1.11. The topological polar surface area (TPSA) is 7.65 Å². The lowest BCUT2D eigenvalue weighted by Crippen LogP contribution is -2.09. The van der Waals surface area contributed by atoms with Gasteiger partial charge in [0.05, 0.1) is 11.0 Å². The molecule has 14 aromatic rings. The van der Waals surface area contributed by atoms with Crippen LogP contribution in [0.5, 0.6) is 0 Å². The molecule has 0 aliphatic rings. The first-order valence-corrected chi connectivity index (χ1v) is 23.8. The van der Waals surface area contributed by atoms with Crippen LogP contribution in [0, 0.1) is 0 Å². The third kappa shape index (κ3) is 5.95. The average Bonchev–Trinajstić information content (AvgIpc) is 3.95. The highest BCUT2D eigenvalue weighted by molar-refractivity contribution is 7.25. The Hall–Kier alpha value is -8.50. The largest absolute Gasteiger partial charge is 0.315 e. The van der Waals surface area contributed by atoms with E-state index in [1.165, 1.54) is 113 Å². The van der Waals surface area contributed by atoms with Crippen molar-refractivity contribution >= 4 is 108 Å². The number of anilines is 3. The van der Waals surface area contributed by atoms with Crippen LogP contribution < -0.4 is 4.90 Å². The standard InChI is InChI=1S/C64H40N2S/c1-2-15-43(16-3-1)61-58-25-10-11-37-65(58)64-56-22-7-6-20-53(56)55-24-13-23-52(62(55)63(61)64)45-18-12-17-44(38-45)41-29-31-47(32-30-41)66(49-34-36-60-57(40-49)54-21-8-9-26-59(54)67-60)48-33-35-51-46(39-48)28-27-42-14-4-5-19-50(42)51/h1-40H. The lowest BCUT2D eigenvalue weighted by molar-refractivity contribution is 1.26. The van der Waals surface area contributed by atoms with Crippen molar-refractivity contribution in [2.75, 3.05) is 4.90 Å². The molecule has 0 saturated heterocycles. The lowest BCUT2D eigenvalue weighted by Gasteiger charge is -2.26. The Morgan fingerprint density at radius 2 is 0.970 bits per heavy atom. The number of pyridine rings is 1. The van der Waals surface area contributed by atoms with Crippen molar-refractivity contribution < 1.29 is 0 Å². The Balaban J connectivity index is 0.926. The van der Waals surface area contributed by atoms with E-state index in [1.807, 2.05) is 11.3 Å². The molecule has 0 atom stereocenters. The van der Waals surface area contributed by atoms with E-state index in [1.54, 1.807) is 0 Å². The molecule has 0 bridgehead atoms. The minimum atomic E-state index is 1.11.